The van der Waals surface area contributed by atoms with Crippen LogP contribution in [0.25, 0.3) is 0 Å². The average Bonchev–Trinajstić information content (AvgIpc) is 2.62. The highest BCUT2D eigenvalue weighted by molar-refractivity contribution is 7.84. The van der Waals surface area contributed by atoms with E-state index < -0.39 is 34.7 Å². The molecule has 0 aromatic rings. The highest BCUT2D eigenvalue weighted by atomic mass is 32.2. The number of hydrogen-bond acceptors (Lipinski definition) is 4. The van der Waals surface area contributed by atoms with Crippen molar-refractivity contribution in [3.05, 3.63) is 0 Å². The number of ether oxygens (including phenoxy) is 2. The molecular formula is C15H23F4NO4S. The zero-order valence-corrected chi connectivity index (χ0v) is 14.6. The maximum Gasteiger partial charge on any atom is 0.330 e. The predicted molar refractivity (Wildman–Crippen MR) is 83.1 cm³/mol. The molecule has 25 heavy (non-hydrogen) atoms. The molecule has 0 amide bonds. The first-order chi connectivity index (χ1) is 11.8. The van der Waals surface area contributed by atoms with Crippen LogP contribution in [-0.4, -0.2) is 71.4 Å². The van der Waals surface area contributed by atoms with Gasteiger partial charge in [0.15, 0.2) is 0 Å². The van der Waals surface area contributed by atoms with E-state index in [1.807, 2.05) is 0 Å². The van der Waals surface area contributed by atoms with Gasteiger partial charge in [-0.15, -0.1) is 0 Å². The first kappa shape index (κ1) is 20.7. The standard InChI is InChI=1S/C15H23F4NO4S/c16-13(17)15(18,19)11-24-9-12-1-5-20(6-2-12)25(22)14(10-21)3-7-23-8-4-14/h10,12-13H,1-9,11H2. The number of carbonyl (C=O) groups excluding carboxylic acids is 1. The van der Waals surface area contributed by atoms with Crippen LogP contribution in [0.4, 0.5) is 17.6 Å². The SMILES string of the molecule is O=CC1(S(=O)N2CCC(COCC(F)(F)C(F)F)CC2)CCOCC1. The van der Waals surface area contributed by atoms with E-state index in [1.165, 1.54) is 0 Å². The summed E-state index contributed by atoms with van der Waals surface area (Å²) in [7, 11) is -1.47. The van der Waals surface area contributed by atoms with Gasteiger partial charge in [-0.05, 0) is 31.6 Å². The van der Waals surface area contributed by atoms with Crippen LogP contribution in [0.3, 0.4) is 0 Å². The summed E-state index contributed by atoms with van der Waals surface area (Å²) in [4.78, 5) is 11.5. The van der Waals surface area contributed by atoms with Crippen molar-refractivity contribution < 1.29 is 36.0 Å². The maximum atomic E-state index is 12.8. The number of rotatable bonds is 8. The van der Waals surface area contributed by atoms with Crippen LogP contribution >= 0.6 is 0 Å². The molecule has 0 aromatic heterocycles. The van der Waals surface area contributed by atoms with Crippen molar-refractivity contribution in [3.63, 3.8) is 0 Å². The second-order valence-electron chi connectivity index (χ2n) is 6.49. The molecule has 146 valence electrons. The van der Waals surface area contributed by atoms with Gasteiger partial charge in [0.1, 0.15) is 28.6 Å². The summed E-state index contributed by atoms with van der Waals surface area (Å²) in [6.07, 6.45) is -1.05. The van der Waals surface area contributed by atoms with Gasteiger partial charge in [0, 0.05) is 32.9 Å². The number of nitrogens with zero attached hydrogens (tertiary/aromatic N) is 1. The van der Waals surface area contributed by atoms with Gasteiger partial charge < -0.3 is 14.3 Å². The molecule has 0 saturated carbocycles. The number of hydrogen-bond donors (Lipinski definition) is 0. The van der Waals surface area contributed by atoms with Crippen LogP contribution in [0.2, 0.25) is 0 Å². The lowest BCUT2D eigenvalue weighted by molar-refractivity contribution is -0.168. The van der Waals surface area contributed by atoms with E-state index in [-0.39, 0.29) is 12.5 Å². The smallest absolute Gasteiger partial charge is 0.330 e. The Balaban J connectivity index is 1.77. The average molecular weight is 389 g/mol. The molecule has 0 spiro atoms. The van der Waals surface area contributed by atoms with Gasteiger partial charge in [-0.25, -0.2) is 17.3 Å². The molecule has 0 radical (unpaired) electrons. The third kappa shape index (κ3) is 5.21. The molecule has 1 atom stereocenters. The molecule has 2 heterocycles. The molecule has 2 rings (SSSR count). The Labute approximate surface area is 146 Å². The molecule has 5 nitrogen and oxygen atoms in total. The van der Waals surface area contributed by atoms with Crippen molar-refractivity contribution in [1.29, 1.82) is 0 Å². The maximum absolute atomic E-state index is 12.8. The quantitative estimate of drug-likeness (QED) is 0.471. The second-order valence-corrected chi connectivity index (χ2v) is 8.32. The van der Waals surface area contributed by atoms with Gasteiger partial charge >= 0.3 is 12.3 Å². The Morgan fingerprint density at radius 3 is 2.40 bits per heavy atom. The van der Waals surface area contributed by atoms with Gasteiger partial charge in [0.25, 0.3) is 0 Å². The zero-order chi connectivity index (χ0) is 18.5. The van der Waals surface area contributed by atoms with E-state index in [0.717, 1.165) is 6.29 Å². The summed E-state index contributed by atoms with van der Waals surface area (Å²) >= 11 is 0. The summed E-state index contributed by atoms with van der Waals surface area (Å²) in [5.74, 6) is -4.19. The van der Waals surface area contributed by atoms with Gasteiger partial charge in [-0.1, -0.05) is 0 Å². The number of aldehydes is 1. The molecule has 2 saturated heterocycles. The lowest BCUT2D eigenvalue weighted by Gasteiger charge is -2.38. The highest BCUT2D eigenvalue weighted by Gasteiger charge is 2.43. The summed E-state index contributed by atoms with van der Waals surface area (Å²) < 4.78 is 73.3. The summed E-state index contributed by atoms with van der Waals surface area (Å²) in [6.45, 7) is 0.353. The largest absolute Gasteiger partial charge is 0.381 e. The molecule has 10 heteroatoms. The fourth-order valence-corrected chi connectivity index (χ4v) is 4.63. The van der Waals surface area contributed by atoms with E-state index in [9.17, 15) is 26.6 Å². The van der Waals surface area contributed by atoms with Crippen molar-refractivity contribution in [3.8, 4) is 0 Å². The molecular weight excluding hydrogens is 366 g/mol. The molecule has 1 unspecified atom stereocenters. The van der Waals surface area contributed by atoms with E-state index in [1.54, 1.807) is 4.31 Å². The number of halogens is 4. The fourth-order valence-electron chi connectivity index (χ4n) is 2.97. The summed E-state index contributed by atoms with van der Waals surface area (Å²) in [5.41, 5.74) is 0. The van der Waals surface area contributed by atoms with Gasteiger partial charge in [0.2, 0.25) is 0 Å². The Morgan fingerprint density at radius 1 is 1.28 bits per heavy atom. The number of piperidine rings is 1. The summed E-state index contributed by atoms with van der Waals surface area (Å²) in [6, 6.07) is 0. The lowest BCUT2D eigenvalue weighted by atomic mass is 9.99. The minimum absolute atomic E-state index is 0.0323. The Morgan fingerprint density at radius 2 is 1.88 bits per heavy atom. The van der Waals surface area contributed by atoms with Crippen LogP contribution in [0.15, 0.2) is 0 Å². The molecule has 2 aliphatic heterocycles. The predicted octanol–water partition coefficient (Wildman–Crippen LogP) is 2.03. The van der Waals surface area contributed by atoms with Crippen LogP contribution in [-0.2, 0) is 25.3 Å². The Kier molecular flexibility index (Phi) is 7.36. The highest BCUT2D eigenvalue weighted by Crippen LogP contribution is 2.30. The van der Waals surface area contributed by atoms with Crippen molar-refractivity contribution in [2.24, 2.45) is 5.92 Å². The number of carbonyl (C=O) groups is 1. The zero-order valence-electron chi connectivity index (χ0n) is 13.8. The van der Waals surface area contributed by atoms with E-state index >= 15 is 0 Å². The van der Waals surface area contributed by atoms with Gasteiger partial charge in [0.05, 0.1) is 0 Å². The fraction of sp³-hybridized carbons (Fsp3) is 0.933. The minimum Gasteiger partial charge on any atom is -0.381 e. The van der Waals surface area contributed by atoms with Crippen molar-refractivity contribution in [2.45, 2.75) is 42.8 Å². The molecule has 0 N–H and O–H groups in total. The first-order valence-electron chi connectivity index (χ1n) is 8.25. The molecule has 2 aliphatic rings. The minimum atomic E-state index is -4.14. The second kappa shape index (κ2) is 8.88. The third-order valence-corrected chi connectivity index (χ3v) is 6.71. The number of alkyl halides is 4. The first-order valence-corrected chi connectivity index (χ1v) is 9.36. The third-order valence-electron chi connectivity index (χ3n) is 4.68. The van der Waals surface area contributed by atoms with Crippen LogP contribution in [0, 0.1) is 5.92 Å². The van der Waals surface area contributed by atoms with Crippen LogP contribution in [0.5, 0.6) is 0 Å². The van der Waals surface area contributed by atoms with Gasteiger partial charge in [-0.2, -0.15) is 8.78 Å². The van der Waals surface area contributed by atoms with Crippen molar-refractivity contribution in [2.75, 3.05) is 39.5 Å². The van der Waals surface area contributed by atoms with E-state index in [2.05, 4.69) is 0 Å². The molecule has 0 aliphatic carbocycles. The molecule has 2 fully saturated rings. The normalized spacial score (nSPS) is 24.4. The summed E-state index contributed by atoms with van der Waals surface area (Å²) in [5, 5.41) is 0. The molecule has 0 aromatic carbocycles. The van der Waals surface area contributed by atoms with Crippen LogP contribution < -0.4 is 0 Å². The van der Waals surface area contributed by atoms with E-state index in [0.29, 0.717) is 52.0 Å². The van der Waals surface area contributed by atoms with Crippen molar-refractivity contribution >= 4 is 17.3 Å². The Bertz CT molecular complexity index is 466. The lowest BCUT2D eigenvalue weighted by Crippen LogP contribution is -2.50. The van der Waals surface area contributed by atoms with Crippen LogP contribution in [0.1, 0.15) is 25.7 Å². The van der Waals surface area contributed by atoms with E-state index in [4.69, 9.17) is 9.47 Å². The van der Waals surface area contributed by atoms with Gasteiger partial charge in [-0.3, -0.25) is 0 Å². The van der Waals surface area contributed by atoms with Crippen molar-refractivity contribution in [1.82, 2.24) is 4.31 Å². The molecule has 0 bridgehead atoms. The Hall–Kier alpha value is -0.580. The topological polar surface area (TPSA) is 55.8 Å². The monoisotopic (exact) mass is 389 g/mol.